The molecule has 2 aromatic heterocycles. The van der Waals surface area contributed by atoms with Crippen LogP contribution < -0.4 is 0 Å². The predicted octanol–water partition coefficient (Wildman–Crippen LogP) is 2.92. The number of fused-ring (bicyclic) bond motifs is 1. The number of carbonyl (C=O) groups excluding carboxylic acids is 1. The molecule has 3 aliphatic rings. The Labute approximate surface area is 190 Å². The standard InChI is InChI=1S/C22H25N5O5S/c1-22(6-7-22)31-21(28)26-8-4-14(5-9-26)19-24-20(32-25-19)15-2-3-16-11-23-27(18(16)10-15)17-12-33(29,30)13-17/h2-3,10-11,14,17H,4-9,12-13H2,1H3. The summed E-state index contributed by atoms with van der Waals surface area (Å²) in [4.78, 5) is 18.7. The van der Waals surface area contributed by atoms with Crippen LogP contribution >= 0.6 is 0 Å². The van der Waals surface area contributed by atoms with Gasteiger partial charge in [0, 0.05) is 30.0 Å². The molecule has 2 aliphatic heterocycles. The van der Waals surface area contributed by atoms with E-state index >= 15 is 0 Å². The number of ether oxygens (including phenoxy) is 1. The minimum Gasteiger partial charge on any atom is -0.443 e. The van der Waals surface area contributed by atoms with Crippen molar-refractivity contribution in [3.8, 4) is 11.5 Å². The lowest BCUT2D eigenvalue weighted by Gasteiger charge is -2.30. The topological polar surface area (TPSA) is 120 Å². The minimum atomic E-state index is -2.95. The van der Waals surface area contributed by atoms with Crippen LogP contribution in [0.15, 0.2) is 28.9 Å². The molecule has 1 aromatic carbocycles. The van der Waals surface area contributed by atoms with Gasteiger partial charge in [0.25, 0.3) is 5.89 Å². The molecule has 0 atom stereocenters. The maximum Gasteiger partial charge on any atom is 0.410 e. The first-order valence-corrected chi connectivity index (χ1v) is 13.1. The average molecular weight is 472 g/mol. The summed E-state index contributed by atoms with van der Waals surface area (Å²) in [7, 11) is -2.95. The molecular weight excluding hydrogens is 446 g/mol. The Morgan fingerprint density at radius 1 is 1.21 bits per heavy atom. The molecule has 0 spiro atoms. The minimum absolute atomic E-state index is 0.115. The van der Waals surface area contributed by atoms with Crippen molar-refractivity contribution in [2.24, 2.45) is 0 Å². The maximum atomic E-state index is 12.3. The van der Waals surface area contributed by atoms with E-state index in [1.807, 2.05) is 25.1 Å². The van der Waals surface area contributed by atoms with Gasteiger partial charge < -0.3 is 14.2 Å². The van der Waals surface area contributed by atoms with Gasteiger partial charge in [0.2, 0.25) is 0 Å². The van der Waals surface area contributed by atoms with E-state index in [-0.39, 0.29) is 35.2 Å². The van der Waals surface area contributed by atoms with Crippen LogP contribution in [0.2, 0.25) is 0 Å². The molecule has 33 heavy (non-hydrogen) atoms. The zero-order chi connectivity index (χ0) is 22.8. The van der Waals surface area contributed by atoms with Crippen molar-refractivity contribution in [1.29, 1.82) is 0 Å². The number of piperidine rings is 1. The van der Waals surface area contributed by atoms with Crippen molar-refractivity contribution in [3.05, 3.63) is 30.2 Å². The molecule has 0 bridgehead atoms. The second kappa shape index (κ2) is 7.28. The van der Waals surface area contributed by atoms with Crippen LogP contribution in [0.5, 0.6) is 0 Å². The molecule has 0 unspecified atom stereocenters. The molecule has 3 fully saturated rings. The summed E-state index contributed by atoms with van der Waals surface area (Å²) in [5.41, 5.74) is 1.35. The van der Waals surface area contributed by atoms with Crippen molar-refractivity contribution in [2.45, 2.75) is 50.2 Å². The Bertz CT molecular complexity index is 1320. The SMILES string of the molecule is CC1(OC(=O)N2CCC(c3noc(-c4ccc5cnn(C6CS(=O)(=O)C6)c5c4)n3)CC2)CC1. The van der Waals surface area contributed by atoms with Crippen LogP contribution in [-0.4, -0.2) is 69.5 Å². The molecule has 0 N–H and O–H groups in total. The third kappa shape index (κ3) is 3.88. The lowest BCUT2D eigenvalue weighted by atomic mass is 9.96. The van der Waals surface area contributed by atoms with Crippen LogP contribution in [0, 0.1) is 0 Å². The van der Waals surface area contributed by atoms with Gasteiger partial charge in [-0.2, -0.15) is 10.1 Å². The van der Waals surface area contributed by atoms with E-state index in [4.69, 9.17) is 9.26 Å². The lowest BCUT2D eigenvalue weighted by molar-refractivity contribution is 0.0518. The van der Waals surface area contributed by atoms with E-state index < -0.39 is 9.84 Å². The smallest absolute Gasteiger partial charge is 0.410 e. The van der Waals surface area contributed by atoms with Gasteiger partial charge in [-0.3, -0.25) is 4.68 Å². The summed E-state index contributed by atoms with van der Waals surface area (Å²) in [6.45, 7) is 3.19. The van der Waals surface area contributed by atoms with Crippen LogP contribution in [0.1, 0.15) is 50.4 Å². The number of carbonyl (C=O) groups is 1. The summed E-state index contributed by atoms with van der Waals surface area (Å²) in [6.07, 6.45) is 4.90. The van der Waals surface area contributed by atoms with E-state index in [0.717, 1.165) is 42.1 Å². The number of aromatic nitrogens is 4. The zero-order valence-corrected chi connectivity index (χ0v) is 19.1. The van der Waals surface area contributed by atoms with Crippen molar-refractivity contribution >= 4 is 26.8 Å². The number of likely N-dealkylation sites (tertiary alicyclic amines) is 1. The molecule has 11 heteroatoms. The monoisotopic (exact) mass is 471 g/mol. The van der Waals surface area contributed by atoms with Gasteiger partial charge in [-0.15, -0.1) is 0 Å². The van der Waals surface area contributed by atoms with Gasteiger partial charge in [-0.1, -0.05) is 11.2 Å². The first-order chi connectivity index (χ1) is 15.8. The van der Waals surface area contributed by atoms with Gasteiger partial charge in [0.1, 0.15) is 5.60 Å². The fourth-order valence-electron chi connectivity index (χ4n) is 4.53. The summed E-state index contributed by atoms with van der Waals surface area (Å²) < 4.78 is 36.1. The van der Waals surface area contributed by atoms with E-state index in [9.17, 15) is 13.2 Å². The zero-order valence-electron chi connectivity index (χ0n) is 18.3. The largest absolute Gasteiger partial charge is 0.443 e. The van der Waals surface area contributed by atoms with Crippen molar-refractivity contribution in [3.63, 3.8) is 0 Å². The van der Waals surface area contributed by atoms with Gasteiger partial charge in [0.05, 0.1) is 29.3 Å². The molecule has 10 nitrogen and oxygen atoms in total. The Morgan fingerprint density at radius 3 is 2.67 bits per heavy atom. The number of rotatable bonds is 4. The first-order valence-electron chi connectivity index (χ1n) is 11.3. The molecule has 1 aliphatic carbocycles. The van der Waals surface area contributed by atoms with Gasteiger partial charge in [0.15, 0.2) is 15.7 Å². The Morgan fingerprint density at radius 2 is 1.97 bits per heavy atom. The quantitative estimate of drug-likeness (QED) is 0.570. The Hall–Kier alpha value is -2.95. The van der Waals surface area contributed by atoms with Crippen molar-refractivity contribution in [1.82, 2.24) is 24.8 Å². The molecule has 3 aromatic rings. The van der Waals surface area contributed by atoms with E-state index in [0.29, 0.717) is 24.8 Å². The summed E-state index contributed by atoms with van der Waals surface area (Å²) >= 11 is 0. The average Bonchev–Trinajstić information content (AvgIpc) is 3.18. The lowest BCUT2D eigenvalue weighted by Crippen LogP contribution is -2.40. The highest BCUT2D eigenvalue weighted by Crippen LogP contribution is 2.39. The highest BCUT2D eigenvalue weighted by Gasteiger charge is 2.43. The molecule has 174 valence electrons. The molecule has 4 heterocycles. The third-order valence-corrected chi connectivity index (χ3v) is 8.72. The fraction of sp³-hybridized carbons (Fsp3) is 0.545. The number of benzene rings is 1. The number of hydrogen-bond donors (Lipinski definition) is 0. The summed E-state index contributed by atoms with van der Waals surface area (Å²) in [5, 5.41) is 9.52. The van der Waals surface area contributed by atoms with Crippen molar-refractivity contribution in [2.75, 3.05) is 24.6 Å². The number of nitrogens with zero attached hydrogens (tertiary/aromatic N) is 5. The van der Waals surface area contributed by atoms with Crippen LogP contribution in [0.3, 0.4) is 0 Å². The highest BCUT2D eigenvalue weighted by molar-refractivity contribution is 7.92. The third-order valence-electron chi connectivity index (χ3n) is 6.93. The van der Waals surface area contributed by atoms with Crippen molar-refractivity contribution < 1.29 is 22.5 Å². The van der Waals surface area contributed by atoms with Crippen LogP contribution in [0.25, 0.3) is 22.4 Å². The second-order valence-electron chi connectivity index (χ2n) is 9.63. The van der Waals surface area contributed by atoms with Crippen LogP contribution in [0.4, 0.5) is 4.79 Å². The first kappa shape index (κ1) is 20.6. The Balaban J connectivity index is 1.15. The maximum absolute atomic E-state index is 12.3. The normalized spacial score (nSPS) is 22.3. The summed E-state index contributed by atoms with van der Waals surface area (Å²) in [5.74, 6) is 1.42. The number of amides is 1. The molecular formula is C22H25N5O5S. The molecule has 2 saturated heterocycles. The van der Waals surface area contributed by atoms with E-state index in [2.05, 4.69) is 15.2 Å². The van der Waals surface area contributed by atoms with E-state index in [1.165, 1.54) is 0 Å². The number of sulfone groups is 1. The van der Waals surface area contributed by atoms with Gasteiger partial charge >= 0.3 is 6.09 Å². The van der Waals surface area contributed by atoms with E-state index in [1.54, 1.807) is 15.8 Å². The molecule has 6 rings (SSSR count). The van der Waals surface area contributed by atoms with Crippen LogP contribution in [-0.2, 0) is 14.6 Å². The molecule has 1 amide bonds. The van der Waals surface area contributed by atoms with Gasteiger partial charge in [-0.25, -0.2) is 13.2 Å². The van der Waals surface area contributed by atoms with Gasteiger partial charge in [-0.05, 0) is 44.7 Å². The highest BCUT2D eigenvalue weighted by atomic mass is 32.2. The summed E-state index contributed by atoms with van der Waals surface area (Å²) in [6, 6.07) is 5.61. The number of hydrogen-bond acceptors (Lipinski definition) is 8. The molecule has 0 radical (unpaired) electrons. The Kier molecular flexibility index (Phi) is 4.55. The predicted molar refractivity (Wildman–Crippen MR) is 118 cm³/mol. The molecule has 1 saturated carbocycles. The second-order valence-corrected chi connectivity index (χ2v) is 11.8. The fourth-order valence-corrected chi connectivity index (χ4v) is 5.89.